The van der Waals surface area contributed by atoms with Gasteiger partial charge in [0.2, 0.25) is 0 Å². The Kier molecular flexibility index (Phi) is 3.62. The fourth-order valence-electron chi connectivity index (χ4n) is 1.36. The van der Waals surface area contributed by atoms with Gasteiger partial charge >= 0.3 is 0 Å². The van der Waals surface area contributed by atoms with Gasteiger partial charge in [0.15, 0.2) is 0 Å². The molecule has 1 saturated carbocycles. The summed E-state index contributed by atoms with van der Waals surface area (Å²) in [7, 11) is 0. The van der Waals surface area contributed by atoms with E-state index in [1.54, 1.807) is 0 Å². The zero-order valence-electron chi connectivity index (χ0n) is 5.85. The zero-order chi connectivity index (χ0) is 7.40. The maximum atomic E-state index is 10.3. The molecule has 0 aliphatic heterocycles. The number of aldehydes is 1. The predicted molar refractivity (Wildman–Crippen MR) is 49.0 cm³/mol. The molecular weight excluding hydrogens is 241 g/mol. The van der Waals surface area contributed by atoms with Crippen molar-refractivity contribution < 1.29 is 4.79 Å². The molecular formula is C7H12INO. The minimum absolute atomic E-state index is 0.348. The Morgan fingerprint density at radius 1 is 1.30 bits per heavy atom. The van der Waals surface area contributed by atoms with E-state index in [0.717, 1.165) is 32.0 Å². The molecule has 1 aliphatic carbocycles. The van der Waals surface area contributed by atoms with Crippen LogP contribution < -0.4 is 3.53 Å². The predicted octanol–water partition coefficient (Wildman–Crippen LogP) is 1.68. The number of halogens is 1. The second-order valence-corrected chi connectivity index (χ2v) is 3.48. The third-order valence-corrected chi connectivity index (χ3v) is 3.00. The highest BCUT2D eigenvalue weighted by molar-refractivity contribution is 14.1. The first-order valence-corrected chi connectivity index (χ1v) is 4.76. The monoisotopic (exact) mass is 253 g/mol. The molecule has 0 saturated heterocycles. The summed E-state index contributed by atoms with van der Waals surface area (Å²) in [5, 5.41) is 0. The first kappa shape index (κ1) is 8.46. The normalized spacial score (nSPS) is 33.7. The lowest BCUT2D eigenvalue weighted by molar-refractivity contribution is -0.111. The van der Waals surface area contributed by atoms with Gasteiger partial charge in [0.1, 0.15) is 6.29 Å². The summed E-state index contributed by atoms with van der Waals surface area (Å²) >= 11 is 2.19. The Morgan fingerprint density at radius 3 is 2.30 bits per heavy atom. The minimum atomic E-state index is 0.348. The van der Waals surface area contributed by atoms with E-state index < -0.39 is 0 Å². The van der Waals surface area contributed by atoms with Crippen molar-refractivity contribution in [2.75, 3.05) is 0 Å². The van der Waals surface area contributed by atoms with Gasteiger partial charge in [0.05, 0.1) is 0 Å². The van der Waals surface area contributed by atoms with E-state index in [1.165, 1.54) is 0 Å². The van der Waals surface area contributed by atoms with Crippen LogP contribution in [-0.2, 0) is 4.79 Å². The van der Waals surface area contributed by atoms with E-state index in [-0.39, 0.29) is 0 Å². The van der Waals surface area contributed by atoms with E-state index in [2.05, 4.69) is 26.4 Å². The van der Waals surface area contributed by atoms with Gasteiger partial charge in [-0.05, 0) is 25.7 Å². The smallest absolute Gasteiger partial charge is 0.123 e. The molecule has 0 atom stereocenters. The number of hydrogen-bond donors (Lipinski definition) is 1. The summed E-state index contributed by atoms with van der Waals surface area (Å²) in [6, 6.07) is 0.650. The van der Waals surface area contributed by atoms with Crippen molar-refractivity contribution in [1.82, 2.24) is 3.53 Å². The average molecular weight is 253 g/mol. The summed E-state index contributed by atoms with van der Waals surface area (Å²) in [5.74, 6) is 0.348. The summed E-state index contributed by atoms with van der Waals surface area (Å²) in [4.78, 5) is 10.3. The van der Waals surface area contributed by atoms with Crippen LogP contribution >= 0.6 is 22.9 Å². The van der Waals surface area contributed by atoms with E-state index in [4.69, 9.17) is 0 Å². The molecule has 0 spiro atoms. The van der Waals surface area contributed by atoms with Crippen LogP contribution in [0.5, 0.6) is 0 Å². The molecule has 0 aromatic heterocycles. The standard InChI is InChI=1S/C7H12INO/c8-9-7-3-1-6(5-10)2-4-7/h5-7,9H,1-4H2. The van der Waals surface area contributed by atoms with Gasteiger partial charge in [-0.15, -0.1) is 0 Å². The molecule has 0 bridgehead atoms. The molecule has 2 nitrogen and oxygen atoms in total. The van der Waals surface area contributed by atoms with Gasteiger partial charge in [0, 0.05) is 34.8 Å². The van der Waals surface area contributed by atoms with Crippen molar-refractivity contribution in [3.05, 3.63) is 0 Å². The van der Waals surface area contributed by atoms with Gasteiger partial charge < -0.3 is 4.79 Å². The third kappa shape index (κ3) is 2.20. The van der Waals surface area contributed by atoms with Crippen LogP contribution in [0.2, 0.25) is 0 Å². The Labute approximate surface area is 75.3 Å². The summed E-state index contributed by atoms with van der Waals surface area (Å²) in [6.45, 7) is 0. The average Bonchev–Trinajstić information content (AvgIpc) is 2.05. The van der Waals surface area contributed by atoms with Gasteiger partial charge in [-0.1, -0.05) is 0 Å². The SMILES string of the molecule is O=CC1CCC(NI)CC1. The second kappa shape index (κ2) is 4.28. The maximum Gasteiger partial charge on any atom is 0.123 e. The lowest BCUT2D eigenvalue weighted by Crippen LogP contribution is -2.26. The molecule has 1 rings (SSSR count). The van der Waals surface area contributed by atoms with Crippen LogP contribution in [0.1, 0.15) is 25.7 Å². The molecule has 0 heterocycles. The topological polar surface area (TPSA) is 29.1 Å². The van der Waals surface area contributed by atoms with Crippen molar-refractivity contribution in [3.8, 4) is 0 Å². The van der Waals surface area contributed by atoms with E-state index in [9.17, 15) is 4.79 Å². The molecule has 0 unspecified atom stereocenters. The van der Waals surface area contributed by atoms with Crippen LogP contribution in [0.4, 0.5) is 0 Å². The quantitative estimate of drug-likeness (QED) is 0.461. The van der Waals surface area contributed by atoms with Crippen molar-refractivity contribution in [2.24, 2.45) is 5.92 Å². The van der Waals surface area contributed by atoms with Crippen molar-refractivity contribution in [2.45, 2.75) is 31.7 Å². The van der Waals surface area contributed by atoms with Crippen molar-refractivity contribution >= 4 is 29.2 Å². The first-order chi connectivity index (χ1) is 4.86. The Bertz CT molecular complexity index is 110. The van der Waals surface area contributed by atoms with Gasteiger partial charge in [-0.25, -0.2) is 0 Å². The van der Waals surface area contributed by atoms with Crippen molar-refractivity contribution in [1.29, 1.82) is 0 Å². The number of carbonyl (C=O) groups is 1. The highest BCUT2D eigenvalue weighted by Crippen LogP contribution is 2.22. The van der Waals surface area contributed by atoms with Crippen LogP contribution in [0, 0.1) is 5.92 Å². The third-order valence-electron chi connectivity index (χ3n) is 2.12. The fraction of sp³-hybridized carbons (Fsp3) is 0.857. The second-order valence-electron chi connectivity index (χ2n) is 2.86. The molecule has 0 aromatic carbocycles. The molecule has 58 valence electrons. The van der Waals surface area contributed by atoms with Gasteiger partial charge in [0.25, 0.3) is 0 Å². The number of rotatable bonds is 2. The summed E-state index contributed by atoms with van der Waals surface area (Å²) < 4.78 is 3.20. The molecule has 1 aliphatic rings. The minimum Gasteiger partial charge on any atom is -0.303 e. The molecule has 0 amide bonds. The van der Waals surface area contributed by atoms with E-state index in [1.807, 2.05) is 0 Å². The Morgan fingerprint density at radius 2 is 1.90 bits per heavy atom. The van der Waals surface area contributed by atoms with Crippen LogP contribution in [0.25, 0.3) is 0 Å². The van der Waals surface area contributed by atoms with E-state index in [0.29, 0.717) is 12.0 Å². The van der Waals surface area contributed by atoms with Crippen LogP contribution in [0.15, 0.2) is 0 Å². The number of hydrogen-bond acceptors (Lipinski definition) is 2. The highest BCUT2D eigenvalue weighted by Gasteiger charge is 2.18. The summed E-state index contributed by atoms with van der Waals surface area (Å²) in [6.07, 6.45) is 5.57. The summed E-state index contributed by atoms with van der Waals surface area (Å²) in [5.41, 5.74) is 0. The lowest BCUT2D eigenvalue weighted by atomic mass is 9.88. The molecule has 10 heavy (non-hydrogen) atoms. The highest BCUT2D eigenvalue weighted by atomic mass is 127. The lowest BCUT2D eigenvalue weighted by Gasteiger charge is -2.23. The van der Waals surface area contributed by atoms with E-state index >= 15 is 0 Å². The van der Waals surface area contributed by atoms with Crippen LogP contribution in [-0.4, -0.2) is 12.3 Å². The van der Waals surface area contributed by atoms with Crippen molar-refractivity contribution in [3.63, 3.8) is 0 Å². The van der Waals surface area contributed by atoms with Gasteiger partial charge in [-0.2, -0.15) is 0 Å². The number of nitrogens with one attached hydrogen (secondary N) is 1. The van der Waals surface area contributed by atoms with Crippen LogP contribution in [0.3, 0.4) is 0 Å². The Balaban J connectivity index is 2.23. The maximum absolute atomic E-state index is 10.3. The molecule has 1 N–H and O–H groups in total. The molecule has 1 fully saturated rings. The molecule has 0 aromatic rings. The molecule has 3 heteroatoms. The fourth-order valence-corrected chi connectivity index (χ4v) is 1.99. The van der Waals surface area contributed by atoms with Gasteiger partial charge in [-0.3, -0.25) is 3.53 Å². The number of carbonyl (C=O) groups excluding carboxylic acids is 1. The Hall–Kier alpha value is 0.360. The first-order valence-electron chi connectivity index (χ1n) is 3.68. The molecule has 0 radical (unpaired) electrons. The zero-order valence-corrected chi connectivity index (χ0v) is 8.00. The largest absolute Gasteiger partial charge is 0.303 e.